The van der Waals surface area contributed by atoms with Crippen molar-refractivity contribution >= 4 is 0 Å². The van der Waals surface area contributed by atoms with E-state index in [1.807, 2.05) is 45.0 Å². The summed E-state index contributed by atoms with van der Waals surface area (Å²) in [7, 11) is 0. The van der Waals surface area contributed by atoms with Crippen LogP contribution in [0.2, 0.25) is 0 Å². The van der Waals surface area contributed by atoms with E-state index in [2.05, 4.69) is 15.1 Å². The first-order chi connectivity index (χ1) is 12.5. The van der Waals surface area contributed by atoms with Gasteiger partial charge in [-0.1, -0.05) is 12.1 Å². The van der Waals surface area contributed by atoms with Crippen LogP contribution in [0.4, 0.5) is 0 Å². The molecule has 0 amide bonds. The van der Waals surface area contributed by atoms with Crippen LogP contribution in [-0.4, -0.2) is 27.3 Å². The maximum atomic E-state index is 11.1. The molecule has 26 heavy (non-hydrogen) atoms. The average molecular weight is 355 g/mol. The van der Waals surface area contributed by atoms with Gasteiger partial charge in [0.05, 0.1) is 17.7 Å². The van der Waals surface area contributed by atoms with Gasteiger partial charge in [-0.3, -0.25) is 4.79 Å². The van der Waals surface area contributed by atoms with Crippen molar-refractivity contribution in [3.63, 3.8) is 0 Å². The fraction of sp³-hybridized carbons (Fsp3) is 0.316. The zero-order chi connectivity index (χ0) is 18.5. The molecule has 3 aromatic rings. The van der Waals surface area contributed by atoms with Crippen LogP contribution in [-0.2, 0) is 6.42 Å². The number of hydrogen-bond donors (Lipinski definition) is 1. The highest BCUT2D eigenvalue weighted by atomic mass is 16.5. The van der Waals surface area contributed by atoms with Gasteiger partial charge in [-0.25, -0.2) is 9.97 Å². The number of benzene rings is 1. The van der Waals surface area contributed by atoms with Gasteiger partial charge in [-0.15, -0.1) is 0 Å². The van der Waals surface area contributed by atoms with E-state index in [9.17, 15) is 4.79 Å². The molecule has 0 saturated carbocycles. The van der Waals surface area contributed by atoms with E-state index in [0.29, 0.717) is 17.7 Å². The molecule has 3 rings (SSSR count). The van der Waals surface area contributed by atoms with Crippen LogP contribution in [0.15, 0.2) is 52.0 Å². The number of aromatic nitrogens is 3. The zero-order valence-electron chi connectivity index (χ0n) is 14.9. The van der Waals surface area contributed by atoms with E-state index in [0.717, 1.165) is 11.3 Å². The minimum absolute atomic E-state index is 0.111. The summed E-state index contributed by atoms with van der Waals surface area (Å²) in [4.78, 5) is 19.4. The summed E-state index contributed by atoms with van der Waals surface area (Å²) in [5.41, 5.74) is 1.40. The monoisotopic (exact) mass is 355 g/mol. The first-order valence-electron chi connectivity index (χ1n) is 8.43. The fourth-order valence-electron chi connectivity index (χ4n) is 2.50. The normalized spacial score (nSPS) is 12.2. The molecule has 1 atom stereocenters. The Morgan fingerprint density at radius 3 is 2.54 bits per heavy atom. The lowest BCUT2D eigenvalue weighted by Crippen LogP contribution is -2.16. The summed E-state index contributed by atoms with van der Waals surface area (Å²) in [6, 6.07) is 9.57. The van der Waals surface area contributed by atoms with Crippen molar-refractivity contribution in [2.75, 3.05) is 0 Å². The van der Waals surface area contributed by atoms with Crippen molar-refractivity contribution in [2.45, 2.75) is 39.4 Å². The number of aromatic amines is 1. The quantitative estimate of drug-likeness (QED) is 0.700. The van der Waals surface area contributed by atoms with E-state index in [1.165, 1.54) is 6.07 Å². The van der Waals surface area contributed by atoms with E-state index >= 15 is 0 Å². The van der Waals surface area contributed by atoms with Crippen LogP contribution >= 0.6 is 0 Å². The van der Waals surface area contributed by atoms with Gasteiger partial charge in [0.25, 0.3) is 5.56 Å². The predicted molar refractivity (Wildman–Crippen MR) is 96.4 cm³/mol. The Morgan fingerprint density at radius 1 is 1.12 bits per heavy atom. The number of nitrogens with one attached hydrogen (secondary N) is 1. The second-order valence-corrected chi connectivity index (χ2v) is 6.28. The van der Waals surface area contributed by atoms with Gasteiger partial charge in [-0.05, 0) is 38.5 Å². The molecule has 1 N–H and O–H groups in total. The van der Waals surface area contributed by atoms with Crippen LogP contribution < -0.4 is 15.0 Å². The van der Waals surface area contributed by atoms with Crippen molar-refractivity contribution in [1.29, 1.82) is 0 Å². The molecule has 0 saturated heterocycles. The molecule has 0 radical (unpaired) electrons. The van der Waals surface area contributed by atoms with Gasteiger partial charge in [-0.2, -0.15) is 5.16 Å². The Balaban J connectivity index is 1.61. The highest BCUT2D eigenvalue weighted by Gasteiger charge is 2.10. The van der Waals surface area contributed by atoms with Gasteiger partial charge in [0.15, 0.2) is 5.76 Å². The lowest BCUT2D eigenvalue weighted by Gasteiger charge is -2.15. The minimum atomic E-state index is -0.308. The molecule has 2 aromatic heterocycles. The summed E-state index contributed by atoms with van der Waals surface area (Å²) in [6.07, 6.45) is 3.83. The predicted octanol–water partition coefficient (Wildman–Crippen LogP) is 3.22. The molecule has 0 unspecified atom stereocenters. The number of H-pyrrole nitrogens is 1. The average Bonchev–Trinajstić information content (AvgIpc) is 3.01. The third-order valence-corrected chi connectivity index (χ3v) is 3.54. The molecule has 7 heteroatoms. The summed E-state index contributed by atoms with van der Waals surface area (Å²) in [5, 5.41) is 2.23. The zero-order valence-corrected chi connectivity index (χ0v) is 14.9. The lowest BCUT2D eigenvalue weighted by molar-refractivity contribution is 0.203. The third-order valence-electron chi connectivity index (χ3n) is 3.54. The third kappa shape index (κ3) is 4.72. The summed E-state index contributed by atoms with van der Waals surface area (Å²) in [6.45, 7) is 5.95. The second kappa shape index (κ2) is 7.86. The topological polar surface area (TPSA) is 90.2 Å². The van der Waals surface area contributed by atoms with Crippen molar-refractivity contribution in [2.24, 2.45) is 0 Å². The van der Waals surface area contributed by atoms with Gasteiger partial charge < -0.3 is 14.0 Å². The van der Waals surface area contributed by atoms with E-state index in [4.69, 9.17) is 14.0 Å². The highest BCUT2D eigenvalue weighted by molar-refractivity contribution is 5.53. The fourth-order valence-corrected chi connectivity index (χ4v) is 2.50. The highest BCUT2D eigenvalue weighted by Crippen LogP contribution is 2.19. The summed E-state index contributed by atoms with van der Waals surface area (Å²) >= 11 is 0. The molecule has 0 aliphatic carbocycles. The maximum absolute atomic E-state index is 11.1. The first-order valence-corrected chi connectivity index (χ1v) is 8.43. The molecule has 7 nitrogen and oxygen atoms in total. The van der Waals surface area contributed by atoms with Crippen LogP contribution in [0.5, 0.6) is 11.8 Å². The molecule has 0 aliphatic rings. The molecule has 0 spiro atoms. The number of nitrogens with zero attached hydrogens (tertiary/aromatic N) is 2. The van der Waals surface area contributed by atoms with E-state index in [-0.39, 0.29) is 23.8 Å². The number of ether oxygens (including phenoxy) is 2. The Kier molecular flexibility index (Phi) is 5.36. The Bertz CT molecular complexity index is 899. The first kappa shape index (κ1) is 17.7. The van der Waals surface area contributed by atoms with E-state index in [1.54, 1.807) is 12.4 Å². The van der Waals surface area contributed by atoms with Gasteiger partial charge in [0.1, 0.15) is 11.9 Å². The molecule has 136 valence electrons. The minimum Gasteiger partial charge on any atom is -0.491 e. The van der Waals surface area contributed by atoms with Gasteiger partial charge in [0, 0.05) is 18.8 Å². The molecule has 0 bridgehead atoms. The van der Waals surface area contributed by atoms with Crippen molar-refractivity contribution in [1.82, 2.24) is 15.1 Å². The molecular weight excluding hydrogens is 334 g/mol. The Labute approximate surface area is 151 Å². The molecule has 0 fully saturated rings. The van der Waals surface area contributed by atoms with Crippen molar-refractivity contribution in [3.05, 3.63) is 58.6 Å². The Morgan fingerprint density at radius 2 is 1.88 bits per heavy atom. The molecular formula is C19H21N3O4. The molecule has 1 aromatic carbocycles. The van der Waals surface area contributed by atoms with Crippen LogP contribution in [0, 0.1) is 0 Å². The van der Waals surface area contributed by atoms with Crippen LogP contribution in [0.1, 0.15) is 26.3 Å². The van der Waals surface area contributed by atoms with Crippen LogP contribution in [0.25, 0.3) is 11.3 Å². The number of rotatable bonds is 7. The van der Waals surface area contributed by atoms with E-state index < -0.39 is 0 Å². The van der Waals surface area contributed by atoms with Gasteiger partial charge >= 0.3 is 6.01 Å². The number of hydrogen-bond acceptors (Lipinski definition) is 6. The summed E-state index contributed by atoms with van der Waals surface area (Å²) < 4.78 is 16.5. The van der Waals surface area contributed by atoms with Gasteiger partial charge in [0.2, 0.25) is 0 Å². The van der Waals surface area contributed by atoms with Crippen molar-refractivity contribution < 1.29 is 14.0 Å². The maximum Gasteiger partial charge on any atom is 0.316 e. The second-order valence-electron chi connectivity index (χ2n) is 6.28. The SMILES string of the molecule is CC(C)Oc1cccc(C[C@@H](C)Oc2ncc(-c3cc(=O)[nH]o3)cn2)c1. The van der Waals surface area contributed by atoms with Crippen molar-refractivity contribution in [3.8, 4) is 23.1 Å². The largest absolute Gasteiger partial charge is 0.491 e. The summed E-state index contributed by atoms with van der Waals surface area (Å²) in [5.74, 6) is 1.23. The smallest absolute Gasteiger partial charge is 0.316 e. The van der Waals surface area contributed by atoms with Crippen LogP contribution in [0.3, 0.4) is 0 Å². The lowest BCUT2D eigenvalue weighted by atomic mass is 10.1. The standard InChI is InChI=1S/C19H21N3O4/c1-12(2)24-16-6-4-5-14(8-16)7-13(3)25-19-20-10-15(11-21-19)17-9-18(23)22-26-17/h4-6,8-13H,7H2,1-3H3,(H,22,23)/t13-/m1/s1. The Hall–Kier alpha value is -3.09. The molecule has 0 aliphatic heterocycles. The molecule has 2 heterocycles.